The molecule has 0 saturated carbocycles. The van der Waals surface area contributed by atoms with Crippen LogP contribution in [0.5, 0.6) is 0 Å². The molecule has 20 heavy (non-hydrogen) atoms. The van der Waals surface area contributed by atoms with Gasteiger partial charge in [-0.05, 0) is 23.3 Å². The Balaban J connectivity index is 1.89. The summed E-state index contributed by atoms with van der Waals surface area (Å²) in [7, 11) is 0. The average Bonchev–Trinajstić information content (AvgIpc) is 2.95. The molecule has 0 fully saturated rings. The lowest BCUT2D eigenvalue weighted by atomic mass is 9.96. The van der Waals surface area contributed by atoms with Crippen LogP contribution < -0.4 is 5.73 Å². The van der Waals surface area contributed by atoms with Crippen LogP contribution in [0.4, 0.5) is 0 Å². The maximum Gasteiger partial charge on any atom is 0.141 e. The second-order valence-corrected chi connectivity index (χ2v) is 5.00. The van der Waals surface area contributed by atoms with Gasteiger partial charge in [-0.3, -0.25) is 0 Å². The van der Waals surface area contributed by atoms with Gasteiger partial charge in [0.2, 0.25) is 0 Å². The molecule has 3 N–H and O–H groups in total. The van der Waals surface area contributed by atoms with Crippen LogP contribution in [0.3, 0.4) is 0 Å². The number of benzene rings is 1. The minimum Gasteiger partial charge on any atom is -0.375 e. The van der Waals surface area contributed by atoms with Crippen LogP contribution >= 0.6 is 0 Å². The molecule has 5 nitrogen and oxygen atoms in total. The summed E-state index contributed by atoms with van der Waals surface area (Å²) in [6.45, 7) is 1.19. The SMILES string of the molecule is NC1COCc2cc(-c3ncnc4[nH]ccc34)ccc21. The number of nitrogens with two attached hydrogens (primary N) is 1. The van der Waals surface area contributed by atoms with Gasteiger partial charge in [-0.25, -0.2) is 9.97 Å². The zero-order valence-electron chi connectivity index (χ0n) is 10.8. The van der Waals surface area contributed by atoms with Gasteiger partial charge >= 0.3 is 0 Å². The number of nitrogens with zero attached hydrogens (tertiary/aromatic N) is 2. The van der Waals surface area contributed by atoms with E-state index in [2.05, 4.69) is 33.2 Å². The molecule has 1 unspecified atom stereocenters. The summed E-state index contributed by atoms with van der Waals surface area (Å²) in [5, 5.41) is 1.02. The predicted molar refractivity (Wildman–Crippen MR) is 75.9 cm³/mol. The number of aromatic amines is 1. The van der Waals surface area contributed by atoms with Crippen molar-refractivity contribution in [1.82, 2.24) is 15.0 Å². The molecule has 4 rings (SSSR count). The van der Waals surface area contributed by atoms with Crippen LogP contribution in [-0.4, -0.2) is 21.6 Å². The molecule has 0 spiro atoms. The lowest BCUT2D eigenvalue weighted by Crippen LogP contribution is -2.23. The molecule has 0 saturated heterocycles. The van der Waals surface area contributed by atoms with E-state index in [1.807, 2.05) is 12.3 Å². The third kappa shape index (κ3) is 1.71. The van der Waals surface area contributed by atoms with Crippen molar-refractivity contribution in [3.8, 4) is 11.3 Å². The van der Waals surface area contributed by atoms with Crippen LogP contribution in [0.25, 0.3) is 22.3 Å². The third-order valence-electron chi connectivity index (χ3n) is 3.72. The van der Waals surface area contributed by atoms with Crippen LogP contribution in [0, 0.1) is 0 Å². The Kier molecular flexibility index (Phi) is 2.55. The van der Waals surface area contributed by atoms with E-state index in [4.69, 9.17) is 10.5 Å². The van der Waals surface area contributed by atoms with Crippen molar-refractivity contribution in [2.75, 3.05) is 6.61 Å². The summed E-state index contributed by atoms with van der Waals surface area (Å²) in [6.07, 6.45) is 3.45. The lowest BCUT2D eigenvalue weighted by Gasteiger charge is -2.23. The molecule has 3 aromatic rings. The normalized spacial score (nSPS) is 18.1. The number of rotatable bonds is 1. The Morgan fingerprint density at radius 1 is 1.25 bits per heavy atom. The molecule has 0 amide bonds. The first-order valence-corrected chi connectivity index (χ1v) is 6.57. The van der Waals surface area contributed by atoms with Crippen LogP contribution in [-0.2, 0) is 11.3 Å². The summed E-state index contributed by atoms with van der Waals surface area (Å²) in [5.74, 6) is 0. The topological polar surface area (TPSA) is 76.8 Å². The van der Waals surface area contributed by atoms with Crippen molar-refractivity contribution in [1.29, 1.82) is 0 Å². The highest BCUT2D eigenvalue weighted by molar-refractivity contribution is 5.90. The number of aromatic nitrogens is 3. The van der Waals surface area contributed by atoms with Crippen molar-refractivity contribution in [3.05, 3.63) is 47.9 Å². The first kappa shape index (κ1) is 11.6. The van der Waals surface area contributed by atoms with E-state index in [-0.39, 0.29) is 6.04 Å². The van der Waals surface area contributed by atoms with Gasteiger partial charge < -0.3 is 15.5 Å². The molecule has 5 heteroatoms. The quantitative estimate of drug-likeness (QED) is 0.707. The summed E-state index contributed by atoms with van der Waals surface area (Å²) in [6, 6.07) is 8.22. The van der Waals surface area contributed by atoms with Crippen molar-refractivity contribution >= 4 is 11.0 Å². The molecule has 1 aliphatic heterocycles. The van der Waals surface area contributed by atoms with Gasteiger partial charge in [0, 0.05) is 17.1 Å². The van der Waals surface area contributed by atoms with E-state index in [1.165, 1.54) is 5.56 Å². The molecule has 0 radical (unpaired) electrons. The lowest BCUT2D eigenvalue weighted by molar-refractivity contribution is 0.0924. The fourth-order valence-corrected chi connectivity index (χ4v) is 2.73. The average molecular weight is 266 g/mol. The van der Waals surface area contributed by atoms with Crippen molar-refractivity contribution < 1.29 is 4.74 Å². The molecule has 0 aliphatic carbocycles. The number of nitrogens with one attached hydrogen (secondary N) is 1. The molecule has 3 heterocycles. The van der Waals surface area contributed by atoms with E-state index in [0.717, 1.165) is 27.9 Å². The number of fused-ring (bicyclic) bond motifs is 2. The molecule has 100 valence electrons. The maximum atomic E-state index is 6.05. The van der Waals surface area contributed by atoms with E-state index in [9.17, 15) is 0 Å². The number of hydrogen-bond acceptors (Lipinski definition) is 4. The second kappa shape index (κ2) is 4.40. The van der Waals surface area contributed by atoms with Gasteiger partial charge in [-0.15, -0.1) is 0 Å². The first-order chi connectivity index (χ1) is 9.83. The highest BCUT2D eigenvalue weighted by Gasteiger charge is 2.18. The maximum absolute atomic E-state index is 6.05. The largest absolute Gasteiger partial charge is 0.375 e. The van der Waals surface area contributed by atoms with Crippen molar-refractivity contribution in [3.63, 3.8) is 0 Å². The van der Waals surface area contributed by atoms with Gasteiger partial charge in [0.05, 0.1) is 24.9 Å². The number of H-pyrrole nitrogens is 1. The zero-order chi connectivity index (χ0) is 13.5. The first-order valence-electron chi connectivity index (χ1n) is 6.57. The molecule has 1 aromatic carbocycles. The van der Waals surface area contributed by atoms with Crippen molar-refractivity contribution in [2.24, 2.45) is 5.73 Å². The van der Waals surface area contributed by atoms with E-state index in [0.29, 0.717) is 13.2 Å². The molecular formula is C15H14N4O. The summed E-state index contributed by atoms with van der Waals surface area (Å²) >= 11 is 0. The van der Waals surface area contributed by atoms with Crippen LogP contribution in [0.1, 0.15) is 17.2 Å². The Hall–Kier alpha value is -2.24. The minimum absolute atomic E-state index is 0.0366. The van der Waals surface area contributed by atoms with Gasteiger partial charge in [0.25, 0.3) is 0 Å². The second-order valence-electron chi connectivity index (χ2n) is 5.00. The van der Waals surface area contributed by atoms with E-state index < -0.39 is 0 Å². The van der Waals surface area contributed by atoms with Crippen LogP contribution in [0.15, 0.2) is 36.8 Å². The fourth-order valence-electron chi connectivity index (χ4n) is 2.73. The fraction of sp³-hybridized carbons (Fsp3) is 0.200. The summed E-state index contributed by atoms with van der Waals surface area (Å²) in [5.41, 5.74) is 11.2. The molecule has 2 aromatic heterocycles. The highest BCUT2D eigenvalue weighted by atomic mass is 16.5. The van der Waals surface area contributed by atoms with E-state index in [1.54, 1.807) is 6.33 Å². The van der Waals surface area contributed by atoms with E-state index >= 15 is 0 Å². The minimum atomic E-state index is -0.0366. The summed E-state index contributed by atoms with van der Waals surface area (Å²) < 4.78 is 5.51. The molecule has 1 atom stereocenters. The standard InChI is InChI=1S/C15H14N4O/c16-13-7-20-6-10-5-9(1-2-11(10)13)14-12-3-4-17-15(12)19-8-18-14/h1-5,8,13H,6-7,16H2,(H,17,18,19). The predicted octanol–water partition coefficient (Wildman–Crippen LogP) is 2.15. The van der Waals surface area contributed by atoms with Gasteiger partial charge in [0.1, 0.15) is 12.0 Å². The van der Waals surface area contributed by atoms with Gasteiger partial charge in [0.15, 0.2) is 0 Å². The Bertz CT molecular complexity index is 780. The number of hydrogen-bond donors (Lipinski definition) is 2. The van der Waals surface area contributed by atoms with Crippen molar-refractivity contribution in [2.45, 2.75) is 12.6 Å². The molecular weight excluding hydrogens is 252 g/mol. The highest BCUT2D eigenvalue weighted by Crippen LogP contribution is 2.30. The molecule has 0 bridgehead atoms. The third-order valence-corrected chi connectivity index (χ3v) is 3.72. The smallest absolute Gasteiger partial charge is 0.141 e. The van der Waals surface area contributed by atoms with Gasteiger partial charge in [-0.2, -0.15) is 0 Å². The Labute approximate surface area is 115 Å². The summed E-state index contributed by atoms with van der Waals surface area (Å²) in [4.78, 5) is 11.7. The Morgan fingerprint density at radius 3 is 3.15 bits per heavy atom. The number of ether oxygens (including phenoxy) is 1. The zero-order valence-corrected chi connectivity index (χ0v) is 10.8. The monoisotopic (exact) mass is 266 g/mol. The van der Waals surface area contributed by atoms with Crippen LogP contribution in [0.2, 0.25) is 0 Å². The van der Waals surface area contributed by atoms with Gasteiger partial charge in [-0.1, -0.05) is 12.1 Å². The molecule has 1 aliphatic rings. The Morgan fingerprint density at radius 2 is 2.20 bits per heavy atom.